The van der Waals surface area contributed by atoms with Crippen LogP contribution in [-0.4, -0.2) is 233 Å². The fourth-order valence-corrected chi connectivity index (χ4v) is 13.9. The van der Waals surface area contributed by atoms with Crippen LogP contribution in [0, 0.1) is 46.3 Å². The first-order valence-corrected chi connectivity index (χ1v) is 26.5. The SMILES string of the molecule is CC(CCC(=O)C(C)C1C(=O)CC2C3CC=C4CC(OC5OC(CO)C(OC6OC(C)C(O)C(O)C6O)C(O)C5OC5OC(C)C(O)C(O)C5O)CCC4(C)C3CC(O)C21C)COC1OC(CO)C(O)C(O)C1O. The van der Waals surface area contributed by atoms with Crippen LogP contribution in [0.4, 0.5) is 0 Å². The molecule has 4 heterocycles. The van der Waals surface area contributed by atoms with Crippen LogP contribution < -0.4 is 0 Å². The minimum Gasteiger partial charge on any atom is -0.394 e. The minimum atomic E-state index is -1.79. The van der Waals surface area contributed by atoms with Crippen LogP contribution >= 0.6 is 0 Å². The number of hydrogen-bond donors (Lipinski definition) is 13. The number of ether oxygens (including phenoxy) is 8. The van der Waals surface area contributed by atoms with Gasteiger partial charge in [-0.05, 0) is 81.5 Å². The van der Waals surface area contributed by atoms with E-state index in [0.717, 1.165) is 5.57 Å². The van der Waals surface area contributed by atoms with Gasteiger partial charge >= 0.3 is 0 Å². The molecule has 0 bridgehead atoms. The zero-order valence-corrected chi connectivity index (χ0v) is 42.9. The lowest BCUT2D eigenvalue weighted by Gasteiger charge is -2.59. The quantitative estimate of drug-likeness (QED) is 0.0687. The minimum absolute atomic E-state index is 0.0208. The molecule has 8 aliphatic rings. The van der Waals surface area contributed by atoms with E-state index < -0.39 is 171 Å². The van der Waals surface area contributed by atoms with E-state index in [1.807, 2.05) is 13.8 Å². The summed E-state index contributed by atoms with van der Waals surface area (Å²) >= 11 is 0. The number of rotatable bonds is 16. The molecule has 23 heteroatoms. The van der Waals surface area contributed by atoms with Crippen molar-refractivity contribution >= 4 is 11.6 Å². The van der Waals surface area contributed by atoms with Crippen molar-refractivity contribution in [1.29, 1.82) is 0 Å². The van der Waals surface area contributed by atoms with Crippen molar-refractivity contribution in [2.45, 2.75) is 228 Å². The van der Waals surface area contributed by atoms with Crippen molar-refractivity contribution in [2.75, 3.05) is 19.8 Å². The Morgan fingerprint density at radius 1 is 0.676 bits per heavy atom. The molecule has 3 saturated carbocycles. The van der Waals surface area contributed by atoms with E-state index in [0.29, 0.717) is 38.5 Å². The third-order valence-corrected chi connectivity index (χ3v) is 18.7. The van der Waals surface area contributed by atoms with E-state index in [-0.39, 0.29) is 54.7 Å². The summed E-state index contributed by atoms with van der Waals surface area (Å²) in [6, 6.07) is 0. The summed E-state index contributed by atoms with van der Waals surface area (Å²) in [6.45, 7) is 9.35. The lowest BCUT2D eigenvalue weighted by molar-refractivity contribution is -0.388. The molecular weight excluding hydrogens is 981 g/mol. The van der Waals surface area contributed by atoms with Crippen molar-refractivity contribution in [3.05, 3.63) is 11.6 Å². The number of carbonyl (C=O) groups excluding carboxylic acids is 2. The first-order chi connectivity index (χ1) is 34.9. The van der Waals surface area contributed by atoms with Crippen molar-refractivity contribution in [3.8, 4) is 0 Å². The topological polar surface area (TPSA) is 371 Å². The Morgan fingerprint density at radius 2 is 1.24 bits per heavy atom. The van der Waals surface area contributed by atoms with E-state index in [1.54, 1.807) is 6.92 Å². The largest absolute Gasteiger partial charge is 0.394 e. The van der Waals surface area contributed by atoms with E-state index in [4.69, 9.17) is 37.9 Å². The summed E-state index contributed by atoms with van der Waals surface area (Å²) in [5, 5.41) is 138. The Kier molecular flexibility index (Phi) is 18.3. The summed E-state index contributed by atoms with van der Waals surface area (Å²) in [4.78, 5) is 28.1. The molecule has 13 N–H and O–H groups in total. The molecule has 8 rings (SSSR count). The Hall–Kier alpha value is -1.76. The van der Waals surface area contributed by atoms with Crippen molar-refractivity contribution in [1.82, 2.24) is 0 Å². The van der Waals surface area contributed by atoms with E-state index >= 15 is 0 Å². The zero-order chi connectivity index (χ0) is 54.0. The molecular formula is C51H82O23. The molecule has 30 atom stereocenters. The van der Waals surface area contributed by atoms with Gasteiger partial charge in [-0.3, -0.25) is 9.59 Å². The maximum absolute atomic E-state index is 14.2. The van der Waals surface area contributed by atoms with Gasteiger partial charge in [0, 0.05) is 30.1 Å². The summed E-state index contributed by atoms with van der Waals surface area (Å²) in [7, 11) is 0. The van der Waals surface area contributed by atoms with Gasteiger partial charge in [0.05, 0.1) is 44.2 Å². The molecule has 30 unspecified atom stereocenters. The normalized spacial score (nSPS) is 51.6. The van der Waals surface area contributed by atoms with Crippen LogP contribution in [0.15, 0.2) is 11.6 Å². The molecule has 4 aliphatic heterocycles. The Labute approximate surface area is 430 Å². The lowest BCUT2D eigenvalue weighted by Crippen LogP contribution is -2.66. The van der Waals surface area contributed by atoms with Crippen LogP contribution in [0.1, 0.15) is 92.9 Å². The highest BCUT2D eigenvalue weighted by molar-refractivity contribution is 5.92. The number of aliphatic hydroxyl groups excluding tert-OH is 13. The predicted octanol–water partition coefficient (Wildman–Crippen LogP) is -2.96. The first-order valence-electron chi connectivity index (χ1n) is 26.5. The standard InChI is InChI=1S/C51H82O23/c1-19(18-67-46-40(63)39(62)36(59)30(16-52)71-46)7-10-28(54)20(2)33-29(55)14-27-25-9-8-23-13-24(11-12-50(23,5)26(25)15-32(56)51(27,33)6)70-49-45(74-48-42(65)38(61)35(58)22(4)69-48)43(66)44(31(17-53)72-49)73-47-41(64)37(60)34(57)21(3)68-47/h8,19-22,24-27,30-49,52-53,56-66H,7,9-18H2,1-6H3. The highest BCUT2D eigenvalue weighted by atomic mass is 16.8. The van der Waals surface area contributed by atoms with E-state index in [9.17, 15) is 76.0 Å². The Balaban J connectivity index is 0.930. The monoisotopic (exact) mass is 1060 g/mol. The second-order valence-electron chi connectivity index (χ2n) is 23.2. The molecule has 0 aromatic rings. The lowest BCUT2D eigenvalue weighted by atomic mass is 9.46. The highest BCUT2D eigenvalue weighted by Crippen LogP contribution is 2.66. The Morgan fingerprint density at radius 3 is 1.85 bits per heavy atom. The number of aliphatic hydroxyl groups is 13. The fraction of sp³-hybridized carbons (Fsp3) is 0.922. The third kappa shape index (κ3) is 10.7. The molecule has 4 aliphatic carbocycles. The summed E-state index contributed by atoms with van der Waals surface area (Å²) in [5.41, 5.74) is -0.210. The summed E-state index contributed by atoms with van der Waals surface area (Å²) in [5.74, 6) is -1.94. The molecule has 0 radical (unpaired) electrons. The number of allylic oxidation sites excluding steroid dienone is 1. The van der Waals surface area contributed by atoms with Crippen LogP contribution in [0.2, 0.25) is 0 Å². The van der Waals surface area contributed by atoms with Crippen LogP contribution in [0.25, 0.3) is 0 Å². The number of ketones is 2. The van der Waals surface area contributed by atoms with Crippen LogP contribution in [0.5, 0.6) is 0 Å². The average Bonchev–Trinajstić information content (AvgIpc) is 3.66. The first kappa shape index (κ1) is 58.4. The van der Waals surface area contributed by atoms with Crippen molar-refractivity contribution in [2.24, 2.45) is 46.3 Å². The fourth-order valence-electron chi connectivity index (χ4n) is 13.9. The number of hydrogen-bond acceptors (Lipinski definition) is 23. The number of carbonyl (C=O) groups is 2. The predicted molar refractivity (Wildman–Crippen MR) is 250 cm³/mol. The van der Waals surface area contributed by atoms with Gasteiger partial charge in [0.1, 0.15) is 97.0 Å². The maximum Gasteiger partial charge on any atom is 0.187 e. The average molecular weight is 1060 g/mol. The van der Waals surface area contributed by atoms with Gasteiger partial charge in [-0.15, -0.1) is 0 Å². The molecule has 23 nitrogen and oxygen atoms in total. The molecule has 7 fully saturated rings. The smallest absolute Gasteiger partial charge is 0.187 e. The van der Waals surface area contributed by atoms with Gasteiger partial charge in [-0.1, -0.05) is 39.3 Å². The molecule has 0 aromatic heterocycles. The third-order valence-electron chi connectivity index (χ3n) is 18.7. The summed E-state index contributed by atoms with van der Waals surface area (Å²) < 4.78 is 47.5. The maximum atomic E-state index is 14.2. The molecule has 0 amide bonds. The van der Waals surface area contributed by atoms with Gasteiger partial charge in [0.2, 0.25) is 0 Å². The molecule has 0 spiro atoms. The second-order valence-corrected chi connectivity index (χ2v) is 23.2. The van der Waals surface area contributed by atoms with Gasteiger partial charge in [-0.2, -0.15) is 0 Å². The molecule has 4 saturated heterocycles. The van der Waals surface area contributed by atoms with E-state index in [2.05, 4.69) is 13.0 Å². The zero-order valence-electron chi connectivity index (χ0n) is 42.9. The van der Waals surface area contributed by atoms with Crippen molar-refractivity contribution < 1.29 is 114 Å². The number of fused-ring (bicyclic) bond motifs is 5. The molecule has 74 heavy (non-hydrogen) atoms. The van der Waals surface area contributed by atoms with Gasteiger partial charge in [0.25, 0.3) is 0 Å². The molecule has 0 aromatic carbocycles. The molecule has 424 valence electrons. The second kappa shape index (κ2) is 23.1. The van der Waals surface area contributed by atoms with Gasteiger partial charge in [0.15, 0.2) is 25.2 Å². The van der Waals surface area contributed by atoms with Crippen molar-refractivity contribution in [3.63, 3.8) is 0 Å². The van der Waals surface area contributed by atoms with Crippen LogP contribution in [-0.2, 0) is 47.5 Å². The van der Waals surface area contributed by atoms with Gasteiger partial charge < -0.3 is 104 Å². The number of Topliss-reactive ketones (excluding diaryl/α,β-unsaturated/α-hetero) is 2. The van der Waals surface area contributed by atoms with Crippen LogP contribution in [0.3, 0.4) is 0 Å². The summed E-state index contributed by atoms with van der Waals surface area (Å²) in [6.07, 6.45) is -25.8. The Bertz CT molecular complexity index is 1960. The van der Waals surface area contributed by atoms with E-state index in [1.165, 1.54) is 13.8 Å². The highest BCUT2D eigenvalue weighted by Gasteiger charge is 2.66. The van der Waals surface area contributed by atoms with Gasteiger partial charge in [-0.25, -0.2) is 0 Å².